The van der Waals surface area contributed by atoms with Gasteiger partial charge in [-0.1, -0.05) is 24.9 Å². The number of rotatable bonds is 6. The number of ketones is 1. The van der Waals surface area contributed by atoms with Gasteiger partial charge >= 0.3 is 0 Å². The molecule has 27 heavy (non-hydrogen) atoms. The Kier molecular flexibility index (Phi) is 5.56. The third-order valence-corrected chi connectivity index (χ3v) is 4.84. The second kappa shape index (κ2) is 7.88. The molecule has 1 atom stereocenters. The van der Waals surface area contributed by atoms with Crippen molar-refractivity contribution in [2.45, 2.75) is 25.8 Å². The Morgan fingerprint density at radius 1 is 1.33 bits per heavy atom. The molecule has 1 aliphatic rings. The van der Waals surface area contributed by atoms with Gasteiger partial charge in [-0.15, -0.1) is 0 Å². The number of hydrogen-bond acceptors (Lipinski definition) is 5. The fourth-order valence-electron chi connectivity index (χ4n) is 3.14. The first-order chi connectivity index (χ1) is 13.0. The molecule has 2 aromatic rings. The number of amides is 1. The third-order valence-electron chi connectivity index (χ3n) is 4.53. The Hall–Kier alpha value is -2.73. The van der Waals surface area contributed by atoms with Crippen molar-refractivity contribution in [1.82, 2.24) is 4.90 Å². The highest BCUT2D eigenvalue weighted by atomic mass is 35.5. The SMILES string of the molecule is CCCCN1C(=O)C(=O)/C(=C(\O)c2ccc(Cl)c(OC)c2)C1c1ccco1. The van der Waals surface area contributed by atoms with Crippen molar-refractivity contribution in [2.24, 2.45) is 0 Å². The van der Waals surface area contributed by atoms with Gasteiger partial charge in [0.15, 0.2) is 0 Å². The van der Waals surface area contributed by atoms with E-state index in [1.165, 1.54) is 24.3 Å². The number of Topliss-reactive ketones (excluding diaryl/α,β-unsaturated/α-hetero) is 1. The van der Waals surface area contributed by atoms with Crippen LogP contribution in [0.3, 0.4) is 0 Å². The number of furan rings is 1. The number of benzene rings is 1. The number of likely N-dealkylation sites (tertiary alicyclic amines) is 1. The number of nitrogens with zero attached hydrogens (tertiary/aromatic N) is 1. The Morgan fingerprint density at radius 2 is 2.11 bits per heavy atom. The van der Waals surface area contributed by atoms with Crippen LogP contribution in [0.4, 0.5) is 0 Å². The highest BCUT2D eigenvalue weighted by molar-refractivity contribution is 6.46. The van der Waals surface area contributed by atoms with Crippen LogP contribution in [0.2, 0.25) is 5.02 Å². The summed E-state index contributed by atoms with van der Waals surface area (Å²) in [5, 5.41) is 11.2. The molecule has 0 bridgehead atoms. The Labute approximate surface area is 162 Å². The summed E-state index contributed by atoms with van der Waals surface area (Å²) in [5.74, 6) is -0.891. The van der Waals surface area contributed by atoms with Gasteiger partial charge in [0.05, 0.1) is 24.0 Å². The second-order valence-corrected chi connectivity index (χ2v) is 6.62. The zero-order valence-corrected chi connectivity index (χ0v) is 15.8. The molecule has 6 nitrogen and oxygen atoms in total. The summed E-state index contributed by atoms with van der Waals surface area (Å²) in [7, 11) is 1.46. The molecule has 1 amide bonds. The van der Waals surface area contributed by atoms with Crippen LogP contribution in [0, 0.1) is 0 Å². The number of methoxy groups -OCH3 is 1. The van der Waals surface area contributed by atoms with Gasteiger partial charge in [0, 0.05) is 12.1 Å². The largest absolute Gasteiger partial charge is 0.507 e. The van der Waals surface area contributed by atoms with Gasteiger partial charge in [-0.25, -0.2) is 0 Å². The highest BCUT2D eigenvalue weighted by Gasteiger charge is 2.47. The van der Waals surface area contributed by atoms with Crippen molar-refractivity contribution in [1.29, 1.82) is 0 Å². The summed E-state index contributed by atoms with van der Waals surface area (Å²) in [5.41, 5.74) is 0.330. The lowest BCUT2D eigenvalue weighted by Crippen LogP contribution is -2.30. The van der Waals surface area contributed by atoms with E-state index in [1.54, 1.807) is 24.3 Å². The van der Waals surface area contributed by atoms with Gasteiger partial charge in [0.1, 0.15) is 23.3 Å². The number of hydrogen-bond donors (Lipinski definition) is 1. The smallest absolute Gasteiger partial charge is 0.295 e. The number of aliphatic hydroxyl groups is 1. The van der Waals surface area contributed by atoms with Crippen molar-refractivity contribution in [2.75, 3.05) is 13.7 Å². The van der Waals surface area contributed by atoms with Gasteiger partial charge in [0.25, 0.3) is 11.7 Å². The third kappa shape index (κ3) is 3.45. The van der Waals surface area contributed by atoms with Crippen molar-refractivity contribution >= 4 is 29.1 Å². The molecular weight excluding hydrogens is 370 g/mol. The Bertz CT molecular complexity index is 888. The first kappa shape index (κ1) is 19.0. The van der Waals surface area contributed by atoms with Crippen LogP contribution >= 0.6 is 11.6 Å². The molecule has 0 spiro atoms. The van der Waals surface area contributed by atoms with E-state index in [0.717, 1.165) is 12.8 Å². The Morgan fingerprint density at radius 3 is 2.74 bits per heavy atom. The second-order valence-electron chi connectivity index (χ2n) is 6.21. The van der Waals surface area contributed by atoms with Crippen molar-refractivity contribution in [3.63, 3.8) is 0 Å². The zero-order valence-electron chi connectivity index (χ0n) is 15.1. The predicted molar refractivity (Wildman–Crippen MR) is 101 cm³/mol. The van der Waals surface area contributed by atoms with Crippen LogP contribution in [0.25, 0.3) is 5.76 Å². The van der Waals surface area contributed by atoms with Crippen LogP contribution in [-0.2, 0) is 9.59 Å². The van der Waals surface area contributed by atoms with E-state index < -0.39 is 17.7 Å². The summed E-state index contributed by atoms with van der Waals surface area (Å²) < 4.78 is 10.6. The van der Waals surface area contributed by atoms with Crippen LogP contribution in [0.15, 0.2) is 46.6 Å². The topological polar surface area (TPSA) is 80.0 Å². The lowest BCUT2D eigenvalue weighted by Gasteiger charge is -2.23. The van der Waals surface area contributed by atoms with Crippen LogP contribution in [-0.4, -0.2) is 35.4 Å². The minimum absolute atomic E-state index is 0.00423. The van der Waals surface area contributed by atoms with Gasteiger partial charge in [-0.3, -0.25) is 9.59 Å². The molecule has 2 heterocycles. The first-order valence-electron chi connectivity index (χ1n) is 8.65. The Balaban J connectivity index is 2.14. The number of ether oxygens (including phenoxy) is 1. The number of carbonyl (C=O) groups is 2. The number of aliphatic hydroxyl groups excluding tert-OH is 1. The molecule has 0 saturated carbocycles. The van der Waals surface area contributed by atoms with Crippen LogP contribution < -0.4 is 4.74 Å². The normalized spacial score (nSPS) is 18.9. The molecule has 7 heteroatoms. The molecule has 3 rings (SSSR count). The lowest BCUT2D eigenvalue weighted by molar-refractivity contribution is -0.140. The first-order valence-corrected chi connectivity index (χ1v) is 9.03. The van der Waals surface area contributed by atoms with Gasteiger partial charge < -0.3 is 19.2 Å². The van der Waals surface area contributed by atoms with Gasteiger partial charge in [0.2, 0.25) is 0 Å². The summed E-state index contributed by atoms with van der Waals surface area (Å²) in [6.45, 7) is 2.39. The summed E-state index contributed by atoms with van der Waals surface area (Å²) in [4.78, 5) is 26.7. The van der Waals surface area contributed by atoms with E-state index in [4.69, 9.17) is 20.8 Å². The van der Waals surface area contributed by atoms with Crippen LogP contribution in [0.1, 0.15) is 37.1 Å². The average Bonchev–Trinajstić information content (AvgIpc) is 3.28. The predicted octanol–water partition coefficient (Wildman–Crippen LogP) is 4.16. The molecule has 1 saturated heterocycles. The molecular formula is C20H20ClNO5. The van der Waals surface area contributed by atoms with E-state index >= 15 is 0 Å². The number of unbranched alkanes of at least 4 members (excludes halogenated alkanes) is 1. The summed E-state index contributed by atoms with van der Waals surface area (Å²) in [6.07, 6.45) is 3.07. The molecule has 1 N–H and O–H groups in total. The molecule has 1 aliphatic heterocycles. The fraction of sp³-hybridized carbons (Fsp3) is 0.300. The standard InChI is InChI=1S/C20H20ClNO5/c1-3-4-9-22-17(14-6-5-10-27-14)16(19(24)20(22)25)18(23)12-7-8-13(21)15(11-12)26-2/h5-8,10-11,17,23H,3-4,9H2,1-2H3/b18-16-. The van der Waals surface area contributed by atoms with Crippen molar-refractivity contribution in [3.05, 3.63) is 58.5 Å². The zero-order chi connectivity index (χ0) is 19.6. The van der Waals surface area contributed by atoms with E-state index in [2.05, 4.69) is 0 Å². The van der Waals surface area contributed by atoms with Crippen molar-refractivity contribution < 1.29 is 23.8 Å². The molecule has 0 aliphatic carbocycles. The van der Waals surface area contributed by atoms with Gasteiger partial charge in [-0.05, 0) is 36.8 Å². The molecule has 0 radical (unpaired) electrons. The fourth-order valence-corrected chi connectivity index (χ4v) is 3.34. The molecule has 1 aromatic heterocycles. The molecule has 1 aromatic carbocycles. The maximum atomic E-state index is 12.7. The van der Waals surface area contributed by atoms with Crippen LogP contribution in [0.5, 0.6) is 5.75 Å². The van der Waals surface area contributed by atoms with Gasteiger partial charge in [-0.2, -0.15) is 0 Å². The lowest BCUT2D eigenvalue weighted by atomic mass is 9.99. The monoisotopic (exact) mass is 389 g/mol. The minimum Gasteiger partial charge on any atom is -0.507 e. The average molecular weight is 390 g/mol. The minimum atomic E-state index is -0.770. The molecule has 1 fully saturated rings. The molecule has 142 valence electrons. The van der Waals surface area contributed by atoms with E-state index in [1.807, 2.05) is 6.92 Å². The quantitative estimate of drug-likeness (QED) is 0.455. The summed E-state index contributed by atoms with van der Waals surface area (Å²) >= 11 is 6.04. The summed E-state index contributed by atoms with van der Waals surface area (Å²) in [6, 6.07) is 7.25. The van der Waals surface area contributed by atoms with E-state index in [0.29, 0.717) is 28.6 Å². The maximum Gasteiger partial charge on any atom is 0.295 e. The van der Waals surface area contributed by atoms with Crippen molar-refractivity contribution in [3.8, 4) is 5.75 Å². The highest BCUT2D eigenvalue weighted by Crippen LogP contribution is 2.40. The van der Waals surface area contributed by atoms with E-state index in [9.17, 15) is 14.7 Å². The molecule has 1 unspecified atom stereocenters. The van der Waals surface area contributed by atoms with E-state index in [-0.39, 0.29) is 11.3 Å². The number of halogens is 1. The maximum absolute atomic E-state index is 12.7. The number of carbonyl (C=O) groups excluding carboxylic acids is 2.